The van der Waals surface area contributed by atoms with Gasteiger partial charge in [0.25, 0.3) is 0 Å². The first-order valence-corrected chi connectivity index (χ1v) is 5.68. The van der Waals surface area contributed by atoms with Crippen molar-refractivity contribution in [2.45, 2.75) is 12.6 Å². The van der Waals surface area contributed by atoms with E-state index in [0.717, 1.165) is 5.56 Å². The van der Waals surface area contributed by atoms with Crippen molar-refractivity contribution in [3.63, 3.8) is 0 Å². The fraction of sp³-hybridized carbons (Fsp3) is 0.250. The topological polar surface area (TPSA) is 116 Å². The third kappa shape index (κ3) is 2.15. The Morgan fingerprint density at radius 3 is 2.50 bits per heavy atom. The average molecular weight is 247 g/mol. The molecule has 0 spiro atoms. The Labute approximate surface area is 105 Å². The highest BCUT2D eigenvalue weighted by atomic mass is 16.3. The summed E-state index contributed by atoms with van der Waals surface area (Å²) in [5.74, 6) is 0.338. The molecular weight excluding hydrogens is 230 g/mol. The van der Waals surface area contributed by atoms with Crippen molar-refractivity contribution in [2.75, 3.05) is 18.1 Å². The van der Waals surface area contributed by atoms with Crippen LogP contribution in [-0.2, 0) is 6.54 Å². The normalized spacial score (nSPS) is 12.6. The summed E-state index contributed by atoms with van der Waals surface area (Å²) >= 11 is 0. The van der Waals surface area contributed by atoms with Crippen molar-refractivity contribution in [1.82, 2.24) is 9.78 Å². The molecule has 18 heavy (non-hydrogen) atoms. The lowest BCUT2D eigenvalue weighted by Gasteiger charge is -2.09. The molecule has 2 aromatic rings. The maximum atomic E-state index is 8.91. The van der Waals surface area contributed by atoms with Crippen LogP contribution < -0.4 is 17.2 Å². The van der Waals surface area contributed by atoms with E-state index >= 15 is 0 Å². The van der Waals surface area contributed by atoms with Gasteiger partial charge in [0.2, 0.25) is 0 Å². The van der Waals surface area contributed by atoms with Gasteiger partial charge in [-0.2, -0.15) is 5.10 Å². The summed E-state index contributed by atoms with van der Waals surface area (Å²) in [4.78, 5) is 0. The minimum atomic E-state index is -0.423. The Kier molecular flexibility index (Phi) is 3.50. The van der Waals surface area contributed by atoms with Gasteiger partial charge in [0, 0.05) is 0 Å². The molecule has 0 amide bonds. The molecule has 1 aromatic heterocycles. The maximum Gasteiger partial charge on any atom is 0.145 e. The number of nitrogens with zero attached hydrogens (tertiary/aromatic N) is 2. The molecule has 1 heterocycles. The molecule has 6 nitrogen and oxygen atoms in total. The fourth-order valence-corrected chi connectivity index (χ4v) is 1.82. The van der Waals surface area contributed by atoms with Crippen LogP contribution in [0.5, 0.6) is 0 Å². The SMILES string of the molecule is Nc1c(C(N)c2ccccc2)nn(CCO)c1N. The van der Waals surface area contributed by atoms with Crippen LogP contribution in [0.2, 0.25) is 0 Å². The first-order chi connectivity index (χ1) is 8.65. The monoisotopic (exact) mass is 247 g/mol. The van der Waals surface area contributed by atoms with Crippen LogP contribution in [0.3, 0.4) is 0 Å². The summed E-state index contributed by atoms with van der Waals surface area (Å²) in [5.41, 5.74) is 19.7. The summed E-state index contributed by atoms with van der Waals surface area (Å²) < 4.78 is 1.47. The van der Waals surface area contributed by atoms with E-state index in [2.05, 4.69) is 5.10 Å². The summed E-state index contributed by atoms with van der Waals surface area (Å²) in [5, 5.41) is 13.2. The fourth-order valence-electron chi connectivity index (χ4n) is 1.82. The van der Waals surface area contributed by atoms with Crippen molar-refractivity contribution in [3.05, 3.63) is 41.6 Å². The number of rotatable bonds is 4. The van der Waals surface area contributed by atoms with Crippen molar-refractivity contribution >= 4 is 11.5 Å². The molecule has 96 valence electrons. The second-order valence-electron chi connectivity index (χ2n) is 4.02. The molecule has 1 unspecified atom stereocenters. The second-order valence-corrected chi connectivity index (χ2v) is 4.02. The van der Waals surface area contributed by atoms with Crippen molar-refractivity contribution in [1.29, 1.82) is 0 Å². The number of aliphatic hydroxyl groups excluding tert-OH is 1. The lowest BCUT2D eigenvalue weighted by atomic mass is 10.0. The van der Waals surface area contributed by atoms with Crippen LogP contribution in [0.25, 0.3) is 0 Å². The Bertz CT molecular complexity index is 523. The number of aromatic nitrogens is 2. The van der Waals surface area contributed by atoms with Crippen molar-refractivity contribution in [3.8, 4) is 0 Å². The van der Waals surface area contributed by atoms with E-state index in [1.54, 1.807) is 0 Å². The van der Waals surface area contributed by atoms with E-state index in [-0.39, 0.29) is 6.61 Å². The molecule has 0 aliphatic rings. The largest absolute Gasteiger partial charge is 0.394 e. The number of hydrogen-bond acceptors (Lipinski definition) is 5. The van der Waals surface area contributed by atoms with E-state index in [9.17, 15) is 0 Å². The van der Waals surface area contributed by atoms with Crippen LogP contribution in [-0.4, -0.2) is 21.5 Å². The first-order valence-electron chi connectivity index (χ1n) is 5.68. The highest BCUT2D eigenvalue weighted by Crippen LogP contribution is 2.27. The lowest BCUT2D eigenvalue weighted by molar-refractivity contribution is 0.270. The Morgan fingerprint density at radius 2 is 1.89 bits per heavy atom. The van der Waals surface area contributed by atoms with Gasteiger partial charge in [0.15, 0.2) is 0 Å². The minimum absolute atomic E-state index is 0.0503. The zero-order valence-electron chi connectivity index (χ0n) is 9.95. The average Bonchev–Trinajstić information content (AvgIpc) is 2.68. The molecule has 2 rings (SSSR count). The van der Waals surface area contributed by atoms with Crippen molar-refractivity contribution < 1.29 is 5.11 Å². The second kappa shape index (κ2) is 5.07. The standard InChI is InChI=1S/C12H17N5O/c13-9(8-4-2-1-3-5-8)11-10(14)12(15)17(16-11)6-7-18/h1-5,9,18H,6-7,13-15H2. The highest BCUT2D eigenvalue weighted by Gasteiger charge is 2.19. The van der Waals surface area contributed by atoms with Gasteiger partial charge in [-0.05, 0) is 5.56 Å². The molecule has 0 fully saturated rings. The molecule has 1 aromatic carbocycles. The predicted molar refractivity (Wildman–Crippen MR) is 70.6 cm³/mol. The Hall–Kier alpha value is -2.05. The third-order valence-corrected chi connectivity index (χ3v) is 2.82. The van der Waals surface area contributed by atoms with E-state index in [1.165, 1.54) is 4.68 Å². The zero-order chi connectivity index (χ0) is 13.1. The smallest absolute Gasteiger partial charge is 0.145 e. The van der Waals surface area contributed by atoms with Gasteiger partial charge in [-0.1, -0.05) is 30.3 Å². The molecule has 0 saturated heterocycles. The summed E-state index contributed by atoms with van der Waals surface area (Å²) in [6.07, 6.45) is 0. The van der Waals surface area contributed by atoms with Crippen LogP contribution in [0.15, 0.2) is 30.3 Å². The number of hydrogen-bond donors (Lipinski definition) is 4. The molecule has 0 aliphatic heterocycles. The summed E-state index contributed by atoms with van der Waals surface area (Å²) in [6.45, 7) is 0.253. The number of aliphatic hydroxyl groups is 1. The maximum absolute atomic E-state index is 8.91. The summed E-state index contributed by atoms with van der Waals surface area (Å²) in [6, 6.07) is 9.11. The molecule has 0 aliphatic carbocycles. The molecule has 6 heteroatoms. The van der Waals surface area contributed by atoms with Crippen LogP contribution in [0, 0.1) is 0 Å². The van der Waals surface area contributed by atoms with E-state index in [0.29, 0.717) is 23.7 Å². The molecule has 0 saturated carbocycles. The molecule has 1 atom stereocenters. The Balaban J connectivity index is 2.36. The summed E-state index contributed by atoms with van der Waals surface area (Å²) in [7, 11) is 0. The molecular formula is C12H17N5O. The zero-order valence-corrected chi connectivity index (χ0v) is 9.95. The quantitative estimate of drug-likeness (QED) is 0.611. The Morgan fingerprint density at radius 1 is 1.22 bits per heavy atom. The number of benzene rings is 1. The number of nitrogens with two attached hydrogens (primary N) is 3. The van der Waals surface area contributed by atoms with Gasteiger partial charge < -0.3 is 22.3 Å². The predicted octanol–water partition coefficient (Wildman–Crippen LogP) is 0.0879. The van der Waals surface area contributed by atoms with Gasteiger partial charge in [0.1, 0.15) is 11.5 Å². The lowest BCUT2D eigenvalue weighted by Crippen LogP contribution is -2.14. The van der Waals surface area contributed by atoms with E-state index in [1.807, 2.05) is 30.3 Å². The van der Waals surface area contributed by atoms with Gasteiger partial charge in [-0.25, -0.2) is 4.68 Å². The molecule has 7 N–H and O–H groups in total. The van der Waals surface area contributed by atoms with E-state index in [4.69, 9.17) is 22.3 Å². The number of nitrogen functional groups attached to an aromatic ring is 2. The number of anilines is 2. The first kappa shape index (κ1) is 12.4. The van der Waals surface area contributed by atoms with E-state index < -0.39 is 6.04 Å². The molecule has 0 bridgehead atoms. The minimum Gasteiger partial charge on any atom is -0.394 e. The molecule has 0 radical (unpaired) electrons. The highest BCUT2D eigenvalue weighted by molar-refractivity contribution is 5.64. The van der Waals surface area contributed by atoms with Gasteiger partial charge in [0.05, 0.1) is 24.9 Å². The van der Waals surface area contributed by atoms with Crippen LogP contribution in [0.1, 0.15) is 17.3 Å². The van der Waals surface area contributed by atoms with Crippen molar-refractivity contribution in [2.24, 2.45) is 5.73 Å². The third-order valence-electron chi connectivity index (χ3n) is 2.82. The van der Waals surface area contributed by atoms with Gasteiger partial charge in [-0.3, -0.25) is 0 Å². The van der Waals surface area contributed by atoms with Crippen LogP contribution >= 0.6 is 0 Å². The van der Waals surface area contributed by atoms with Gasteiger partial charge in [-0.15, -0.1) is 0 Å². The van der Waals surface area contributed by atoms with Gasteiger partial charge >= 0.3 is 0 Å². The van der Waals surface area contributed by atoms with Crippen LogP contribution in [0.4, 0.5) is 11.5 Å².